The number of hydrogen-bond acceptors (Lipinski definition) is 5. The highest BCUT2D eigenvalue weighted by atomic mass is 35.5. The number of nitrogens with one attached hydrogen (secondary N) is 2. The van der Waals surface area contributed by atoms with Gasteiger partial charge in [-0.25, -0.2) is 0 Å². The molecular formula is C18H21ClN4O4. The van der Waals surface area contributed by atoms with E-state index in [9.17, 15) is 19.7 Å². The first kappa shape index (κ1) is 22.1. The Morgan fingerprint density at radius 2 is 1.70 bits per heavy atom. The molecule has 144 valence electrons. The fourth-order valence-electron chi connectivity index (χ4n) is 2.30. The van der Waals surface area contributed by atoms with Crippen LogP contribution in [0.4, 0.5) is 11.4 Å². The van der Waals surface area contributed by atoms with Gasteiger partial charge in [-0.2, -0.15) is 0 Å². The van der Waals surface area contributed by atoms with Gasteiger partial charge in [-0.05, 0) is 38.4 Å². The summed E-state index contributed by atoms with van der Waals surface area (Å²) in [6.45, 7) is 0.952. The van der Waals surface area contributed by atoms with Crippen molar-refractivity contribution in [1.82, 2.24) is 10.2 Å². The third-order valence-corrected chi connectivity index (χ3v) is 3.59. The first-order valence-electron chi connectivity index (χ1n) is 7.97. The number of rotatable bonds is 7. The van der Waals surface area contributed by atoms with E-state index in [0.29, 0.717) is 18.7 Å². The van der Waals surface area contributed by atoms with E-state index in [1.54, 1.807) is 30.3 Å². The molecular weight excluding hydrogens is 372 g/mol. The molecule has 0 aliphatic heterocycles. The minimum atomic E-state index is -0.665. The molecule has 2 rings (SSSR count). The highest BCUT2D eigenvalue weighted by Crippen LogP contribution is 2.29. The lowest BCUT2D eigenvalue weighted by Crippen LogP contribution is -2.31. The number of nitro benzene ring substituents is 1. The summed E-state index contributed by atoms with van der Waals surface area (Å²) in [6.07, 6.45) is 0. The summed E-state index contributed by atoms with van der Waals surface area (Å²) in [5.41, 5.74) is -0.189. The number of nitro groups is 1. The van der Waals surface area contributed by atoms with Crippen molar-refractivity contribution in [3.8, 4) is 0 Å². The lowest BCUT2D eigenvalue weighted by atomic mass is 10.1. The van der Waals surface area contributed by atoms with E-state index >= 15 is 0 Å². The van der Waals surface area contributed by atoms with Gasteiger partial charge in [0.15, 0.2) is 0 Å². The summed E-state index contributed by atoms with van der Waals surface area (Å²) < 4.78 is 0. The predicted octanol–water partition coefficient (Wildman–Crippen LogP) is 2.56. The summed E-state index contributed by atoms with van der Waals surface area (Å²) in [7, 11) is 3.71. The lowest BCUT2D eigenvalue weighted by Gasteiger charge is -2.12. The number of benzene rings is 2. The molecule has 0 aliphatic carbocycles. The maximum absolute atomic E-state index is 12.3. The van der Waals surface area contributed by atoms with Crippen molar-refractivity contribution >= 4 is 35.6 Å². The quantitative estimate of drug-likeness (QED) is 0.556. The molecule has 0 aromatic heterocycles. The Kier molecular flexibility index (Phi) is 8.37. The Labute approximate surface area is 163 Å². The normalized spacial score (nSPS) is 10.0. The molecule has 0 bridgehead atoms. The minimum Gasteiger partial charge on any atom is -0.351 e. The van der Waals surface area contributed by atoms with Crippen molar-refractivity contribution in [3.63, 3.8) is 0 Å². The number of anilines is 1. The van der Waals surface area contributed by atoms with Gasteiger partial charge in [-0.15, -0.1) is 12.4 Å². The molecule has 0 atom stereocenters. The maximum atomic E-state index is 12.3. The summed E-state index contributed by atoms with van der Waals surface area (Å²) >= 11 is 0. The zero-order valence-electron chi connectivity index (χ0n) is 15.0. The zero-order chi connectivity index (χ0) is 19.1. The fourth-order valence-corrected chi connectivity index (χ4v) is 2.30. The number of carbonyl (C=O) groups excluding carboxylic acids is 2. The van der Waals surface area contributed by atoms with Gasteiger partial charge in [-0.3, -0.25) is 19.7 Å². The van der Waals surface area contributed by atoms with Crippen LogP contribution in [0.15, 0.2) is 48.5 Å². The molecule has 2 N–H and O–H groups in total. The van der Waals surface area contributed by atoms with Crippen LogP contribution in [0.5, 0.6) is 0 Å². The molecule has 0 unspecified atom stereocenters. The fraction of sp³-hybridized carbons (Fsp3) is 0.222. The van der Waals surface area contributed by atoms with Crippen LogP contribution in [-0.2, 0) is 0 Å². The van der Waals surface area contributed by atoms with E-state index in [4.69, 9.17) is 0 Å². The van der Waals surface area contributed by atoms with Crippen LogP contribution in [-0.4, -0.2) is 48.8 Å². The highest BCUT2D eigenvalue weighted by molar-refractivity contribution is 6.08. The Morgan fingerprint density at radius 3 is 2.30 bits per heavy atom. The average molecular weight is 393 g/mol. The van der Waals surface area contributed by atoms with Crippen LogP contribution in [0.3, 0.4) is 0 Å². The third kappa shape index (κ3) is 6.05. The third-order valence-electron chi connectivity index (χ3n) is 3.59. The summed E-state index contributed by atoms with van der Waals surface area (Å²) in [6, 6.07) is 12.6. The van der Waals surface area contributed by atoms with E-state index < -0.39 is 22.4 Å². The van der Waals surface area contributed by atoms with Crippen molar-refractivity contribution < 1.29 is 14.5 Å². The molecule has 0 saturated heterocycles. The standard InChI is InChI=1S/C18H20N4O4.ClH/c1-21(2)12-11-19-18(24)14-9-6-10-15(16(14)22(25)26)20-17(23)13-7-4-3-5-8-13;/h3-10H,11-12H2,1-2H3,(H,19,24)(H,20,23);1H. The maximum Gasteiger partial charge on any atom is 0.305 e. The Hall–Kier alpha value is -2.97. The van der Waals surface area contributed by atoms with E-state index in [1.807, 2.05) is 19.0 Å². The number of likely N-dealkylation sites (N-methyl/N-ethyl adjacent to an activating group) is 1. The molecule has 27 heavy (non-hydrogen) atoms. The second-order valence-corrected chi connectivity index (χ2v) is 5.84. The smallest absolute Gasteiger partial charge is 0.305 e. The predicted molar refractivity (Wildman–Crippen MR) is 106 cm³/mol. The van der Waals surface area contributed by atoms with Gasteiger partial charge in [0, 0.05) is 18.7 Å². The summed E-state index contributed by atoms with van der Waals surface area (Å²) in [4.78, 5) is 37.3. The van der Waals surface area contributed by atoms with E-state index in [2.05, 4.69) is 10.6 Å². The van der Waals surface area contributed by atoms with Crippen molar-refractivity contribution in [3.05, 3.63) is 69.8 Å². The molecule has 0 fully saturated rings. The van der Waals surface area contributed by atoms with E-state index in [-0.39, 0.29) is 23.7 Å². The van der Waals surface area contributed by atoms with E-state index in [0.717, 1.165) is 0 Å². The second kappa shape index (κ2) is 10.2. The first-order valence-corrected chi connectivity index (χ1v) is 7.97. The number of hydrogen-bond donors (Lipinski definition) is 2. The van der Waals surface area contributed by atoms with Crippen molar-refractivity contribution in [1.29, 1.82) is 0 Å². The summed E-state index contributed by atoms with van der Waals surface area (Å²) in [5.74, 6) is -1.05. The Morgan fingerprint density at radius 1 is 1.04 bits per heavy atom. The van der Waals surface area contributed by atoms with Crippen LogP contribution < -0.4 is 10.6 Å². The SMILES string of the molecule is CN(C)CCNC(=O)c1cccc(NC(=O)c2ccccc2)c1[N+](=O)[O-].Cl. The monoisotopic (exact) mass is 392 g/mol. The highest BCUT2D eigenvalue weighted by Gasteiger charge is 2.25. The Balaban J connectivity index is 0.00000364. The summed E-state index contributed by atoms with van der Waals surface area (Å²) in [5, 5.41) is 16.7. The van der Waals surface area contributed by atoms with Crippen LogP contribution in [0.1, 0.15) is 20.7 Å². The molecule has 0 heterocycles. The average Bonchev–Trinajstić information content (AvgIpc) is 2.61. The van der Waals surface area contributed by atoms with E-state index in [1.165, 1.54) is 18.2 Å². The van der Waals surface area contributed by atoms with Crippen molar-refractivity contribution in [2.24, 2.45) is 0 Å². The lowest BCUT2D eigenvalue weighted by molar-refractivity contribution is -0.384. The van der Waals surface area contributed by atoms with Crippen LogP contribution in [0, 0.1) is 10.1 Å². The minimum absolute atomic E-state index is 0. The number of carbonyl (C=O) groups is 2. The topological polar surface area (TPSA) is 105 Å². The molecule has 0 aliphatic rings. The van der Waals surface area contributed by atoms with Crippen molar-refractivity contribution in [2.75, 3.05) is 32.5 Å². The molecule has 0 radical (unpaired) electrons. The van der Waals surface area contributed by atoms with Gasteiger partial charge in [-0.1, -0.05) is 24.3 Å². The Bertz CT molecular complexity index is 812. The number of para-hydroxylation sites is 1. The largest absolute Gasteiger partial charge is 0.351 e. The molecule has 2 aromatic rings. The molecule has 0 saturated carbocycles. The van der Waals surface area contributed by atoms with Crippen molar-refractivity contribution in [2.45, 2.75) is 0 Å². The van der Waals surface area contributed by atoms with Gasteiger partial charge in [0.2, 0.25) is 0 Å². The number of amides is 2. The molecule has 2 amide bonds. The van der Waals surface area contributed by atoms with Gasteiger partial charge < -0.3 is 15.5 Å². The van der Waals surface area contributed by atoms with Crippen LogP contribution in [0.25, 0.3) is 0 Å². The number of halogens is 1. The van der Waals surface area contributed by atoms with Gasteiger partial charge >= 0.3 is 5.69 Å². The number of nitrogens with zero attached hydrogens (tertiary/aromatic N) is 2. The van der Waals surface area contributed by atoms with Gasteiger partial charge in [0.05, 0.1) is 4.92 Å². The zero-order valence-corrected chi connectivity index (χ0v) is 15.8. The molecule has 2 aromatic carbocycles. The van der Waals surface area contributed by atoms with Gasteiger partial charge in [0.1, 0.15) is 11.3 Å². The molecule has 0 spiro atoms. The van der Waals surface area contributed by atoms with Gasteiger partial charge in [0.25, 0.3) is 11.8 Å². The van der Waals surface area contributed by atoms with Crippen LogP contribution >= 0.6 is 12.4 Å². The molecule has 8 nitrogen and oxygen atoms in total. The van der Waals surface area contributed by atoms with Crippen LogP contribution in [0.2, 0.25) is 0 Å². The first-order chi connectivity index (χ1) is 12.4. The molecule has 9 heteroatoms. The second-order valence-electron chi connectivity index (χ2n) is 5.84.